The highest BCUT2D eigenvalue weighted by atomic mass is 16.5. The van der Waals surface area contributed by atoms with Crippen molar-refractivity contribution < 1.29 is 9.53 Å². The number of hydrogen-bond acceptors (Lipinski definition) is 4. The van der Waals surface area contributed by atoms with Gasteiger partial charge in [-0.1, -0.05) is 32.9 Å². The first-order valence-corrected chi connectivity index (χ1v) is 9.55. The summed E-state index contributed by atoms with van der Waals surface area (Å²) in [5.41, 5.74) is 2.51. The average molecular weight is 367 g/mol. The Labute approximate surface area is 162 Å². The molecule has 1 fully saturated rings. The van der Waals surface area contributed by atoms with Crippen LogP contribution in [0.2, 0.25) is 0 Å². The van der Waals surface area contributed by atoms with Gasteiger partial charge in [0.05, 0.1) is 0 Å². The summed E-state index contributed by atoms with van der Waals surface area (Å²) in [6.45, 7) is 11.4. The molecular weight excluding hydrogens is 338 g/mol. The summed E-state index contributed by atoms with van der Waals surface area (Å²) in [7, 11) is 0. The molecule has 0 bridgehead atoms. The molecule has 2 heterocycles. The highest BCUT2D eigenvalue weighted by Gasteiger charge is 2.26. The molecule has 144 valence electrons. The molecule has 1 saturated heterocycles. The molecule has 27 heavy (non-hydrogen) atoms. The van der Waals surface area contributed by atoms with Gasteiger partial charge in [0.15, 0.2) is 6.10 Å². The van der Waals surface area contributed by atoms with Gasteiger partial charge < -0.3 is 14.5 Å². The summed E-state index contributed by atoms with van der Waals surface area (Å²) < 4.78 is 5.90. The Hall–Kier alpha value is -2.56. The molecule has 2 aromatic rings. The zero-order valence-corrected chi connectivity index (χ0v) is 16.7. The van der Waals surface area contributed by atoms with Gasteiger partial charge >= 0.3 is 0 Å². The lowest BCUT2D eigenvalue weighted by atomic mass is 9.87. The predicted octanol–water partition coefficient (Wildman–Crippen LogP) is 3.50. The average Bonchev–Trinajstić information content (AvgIpc) is 2.68. The van der Waals surface area contributed by atoms with E-state index in [0.717, 1.165) is 24.5 Å². The van der Waals surface area contributed by atoms with E-state index < -0.39 is 6.10 Å². The zero-order valence-electron chi connectivity index (χ0n) is 16.7. The number of nitrogens with zero attached hydrogens (tertiary/aromatic N) is 3. The lowest BCUT2D eigenvalue weighted by Crippen LogP contribution is -2.52. The standard InChI is InChI=1S/C22H29N3O2/c1-17(27-20-7-5-18(6-8-20)22(2,3)4)21(26)25-15-13-24(14-16-25)19-9-11-23-12-10-19/h5-12,17H,13-16H2,1-4H3. The van der Waals surface area contributed by atoms with E-state index >= 15 is 0 Å². The van der Waals surface area contributed by atoms with E-state index in [9.17, 15) is 4.79 Å². The number of aromatic nitrogens is 1. The number of hydrogen-bond donors (Lipinski definition) is 0. The van der Waals surface area contributed by atoms with Crippen molar-refractivity contribution in [2.45, 2.75) is 39.2 Å². The Kier molecular flexibility index (Phi) is 5.68. The van der Waals surface area contributed by atoms with E-state index in [1.807, 2.05) is 36.1 Å². The summed E-state index contributed by atoms with van der Waals surface area (Å²) in [5.74, 6) is 0.781. The van der Waals surface area contributed by atoms with Crippen LogP contribution in [-0.2, 0) is 10.2 Å². The molecule has 3 rings (SSSR count). The fourth-order valence-electron chi connectivity index (χ4n) is 3.29. The highest BCUT2D eigenvalue weighted by molar-refractivity contribution is 5.81. The van der Waals surface area contributed by atoms with Crippen LogP contribution in [0.1, 0.15) is 33.3 Å². The van der Waals surface area contributed by atoms with E-state index in [0.29, 0.717) is 13.1 Å². The second kappa shape index (κ2) is 7.99. The minimum atomic E-state index is -0.488. The number of rotatable bonds is 4. The van der Waals surface area contributed by atoms with Crippen LogP contribution >= 0.6 is 0 Å². The molecule has 5 nitrogen and oxygen atoms in total. The van der Waals surface area contributed by atoms with Crippen LogP contribution < -0.4 is 9.64 Å². The minimum absolute atomic E-state index is 0.0456. The van der Waals surface area contributed by atoms with Crippen molar-refractivity contribution in [3.8, 4) is 5.75 Å². The first-order chi connectivity index (χ1) is 12.8. The lowest BCUT2D eigenvalue weighted by molar-refractivity contribution is -0.138. The summed E-state index contributed by atoms with van der Waals surface area (Å²) >= 11 is 0. The number of anilines is 1. The van der Waals surface area contributed by atoms with Gasteiger partial charge in [-0.2, -0.15) is 0 Å². The Balaban J connectivity index is 1.54. The number of ether oxygens (including phenoxy) is 1. The topological polar surface area (TPSA) is 45.7 Å². The minimum Gasteiger partial charge on any atom is -0.481 e. The number of pyridine rings is 1. The monoisotopic (exact) mass is 367 g/mol. The van der Waals surface area contributed by atoms with Crippen molar-refractivity contribution in [1.82, 2.24) is 9.88 Å². The second-order valence-electron chi connectivity index (χ2n) is 8.05. The summed E-state index contributed by atoms with van der Waals surface area (Å²) in [4.78, 5) is 21.0. The maximum Gasteiger partial charge on any atom is 0.263 e. The third-order valence-corrected chi connectivity index (χ3v) is 5.00. The molecule has 0 saturated carbocycles. The van der Waals surface area contributed by atoms with Gasteiger partial charge in [-0.15, -0.1) is 0 Å². The van der Waals surface area contributed by atoms with Crippen molar-refractivity contribution >= 4 is 11.6 Å². The third-order valence-electron chi connectivity index (χ3n) is 5.00. The Bertz CT molecular complexity index is 745. The largest absolute Gasteiger partial charge is 0.481 e. The van der Waals surface area contributed by atoms with Crippen LogP contribution in [0.5, 0.6) is 5.75 Å². The number of carbonyl (C=O) groups excluding carboxylic acids is 1. The molecule has 0 spiro atoms. The van der Waals surface area contributed by atoms with Gasteiger partial charge in [0.25, 0.3) is 5.91 Å². The Morgan fingerprint density at radius 3 is 2.15 bits per heavy atom. The van der Waals surface area contributed by atoms with Crippen molar-refractivity contribution in [3.63, 3.8) is 0 Å². The zero-order chi connectivity index (χ0) is 19.4. The predicted molar refractivity (Wildman–Crippen MR) is 108 cm³/mol. The molecule has 5 heteroatoms. The van der Waals surface area contributed by atoms with E-state index in [1.165, 1.54) is 5.56 Å². The quantitative estimate of drug-likeness (QED) is 0.830. The van der Waals surface area contributed by atoms with E-state index in [-0.39, 0.29) is 11.3 Å². The summed E-state index contributed by atoms with van der Waals surface area (Å²) in [5, 5.41) is 0. The Morgan fingerprint density at radius 1 is 1.00 bits per heavy atom. The van der Waals surface area contributed by atoms with Crippen molar-refractivity contribution in [2.24, 2.45) is 0 Å². The van der Waals surface area contributed by atoms with Crippen LogP contribution in [-0.4, -0.2) is 48.1 Å². The molecule has 0 N–H and O–H groups in total. The molecule has 1 unspecified atom stereocenters. The van der Waals surface area contributed by atoms with E-state index in [4.69, 9.17) is 4.74 Å². The Morgan fingerprint density at radius 2 is 1.59 bits per heavy atom. The molecular formula is C22H29N3O2. The van der Waals surface area contributed by atoms with Crippen molar-refractivity contribution in [2.75, 3.05) is 31.1 Å². The SMILES string of the molecule is CC(Oc1ccc(C(C)(C)C)cc1)C(=O)N1CCN(c2ccncc2)CC1. The maximum absolute atomic E-state index is 12.7. The molecule has 1 aliphatic rings. The molecule has 1 amide bonds. The molecule has 0 aliphatic carbocycles. The summed E-state index contributed by atoms with van der Waals surface area (Å²) in [6, 6.07) is 12.0. The number of amides is 1. The van der Waals surface area contributed by atoms with Crippen LogP contribution in [0.15, 0.2) is 48.8 Å². The lowest BCUT2D eigenvalue weighted by Gasteiger charge is -2.37. The fourth-order valence-corrected chi connectivity index (χ4v) is 3.29. The van der Waals surface area contributed by atoms with Gasteiger partial charge in [-0.25, -0.2) is 0 Å². The van der Waals surface area contributed by atoms with Crippen molar-refractivity contribution in [1.29, 1.82) is 0 Å². The number of piperazine rings is 1. The molecule has 0 radical (unpaired) electrons. The molecule has 1 atom stereocenters. The van der Waals surface area contributed by atoms with E-state index in [2.05, 4.69) is 42.8 Å². The maximum atomic E-state index is 12.7. The van der Waals surface area contributed by atoms with E-state index in [1.54, 1.807) is 12.4 Å². The number of benzene rings is 1. The van der Waals surface area contributed by atoms with Crippen LogP contribution in [0.3, 0.4) is 0 Å². The normalized spacial score (nSPS) is 16.1. The molecule has 1 aromatic carbocycles. The second-order valence-corrected chi connectivity index (χ2v) is 8.05. The first-order valence-electron chi connectivity index (χ1n) is 9.55. The van der Waals surface area contributed by atoms with Crippen LogP contribution in [0, 0.1) is 0 Å². The van der Waals surface area contributed by atoms with Gasteiger partial charge in [-0.05, 0) is 42.2 Å². The van der Waals surface area contributed by atoms with Crippen LogP contribution in [0.25, 0.3) is 0 Å². The first kappa shape index (κ1) is 19.2. The summed E-state index contributed by atoms with van der Waals surface area (Å²) in [6.07, 6.45) is 3.11. The van der Waals surface area contributed by atoms with Crippen molar-refractivity contribution in [3.05, 3.63) is 54.4 Å². The van der Waals surface area contributed by atoms with Gasteiger partial charge in [0.2, 0.25) is 0 Å². The fraction of sp³-hybridized carbons (Fsp3) is 0.455. The third kappa shape index (κ3) is 4.79. The highest BCUT2D eigenvalue weighted by Crippen LogP contribution is 2.25. The van der Waals surface area contributed by atoms with Crippen LogP contribution in [0.4, 0.5) is 5.69 Å². The smallest absolute Gasteiger partial charge is 0.263 e. The van der Waals surface area contributed by atoms with Gasteiger partial charge in [0.1, 0.15) is 5.75 Å². The van der Waals surface area contributed by atoms with Gasteiger partial charge in [-0.3, -0.25) is 9.78 Å². The molecule has 1 aliphatic heterocycles. The van der Waals surface area contributed by atoms with Gasteiger partial charge in [0, 0.05) is 44.3 Å². The number of carbonyl (C=O) groups is 1. The molecule has 1 aromatic heterocycles.